The van der Waals surface area contributed by atoms with Crippen molar-refractivity contribution < 1.29 is 18.1 Å². The molecule has 0 amide bonds. The molecule has 0 atom stereocenters. The molecule has 2 aromatic carbocycles. The van der Waals surface area contributed by atoms with Crippen LogP contribution in [0, 0.1) is 6.92 Å². The molecule has 0 aliphatic heterocycles. The summed E-state index contributed by atoms with van der Waals surface area (Å²) in [6.07, 6.45) is 0. The Bertz CT molecular complexity index is 589. The normalized spacial score (nSPS) is 10.5. The van der Waals surface area contributed by atoms with E-state index in [0.29, 0.717) is 0 Å². The lowest BCUT2D eigenvalue weighted by molar-refractivity contribution is 0.282. The third-order valence-electron chi connectivity index (χ3n) is 2.34. The first-order valence-electron chi connectivity index (χ1n) is 5.62. The maximum atomic E-state index is 10.5. The lowest BCUT2D eigenvalue weighted by Crippen LogP contribution is -1.96. The largest absolute Gasteiger partial charge is 0.392 e. The molecule has 0 aliphatic carbocycles. The third kappa shape index (κ3) is 5.65. The van der Waals surface area contributed by atoms with Crippen LogP contribution in [0.4, 0.5) is 0 Å². The van der Waals surface area contributed by atoms with Gasteiger partial charge in [0.05, 0.1) is 11.5 Å². The molecule has 0 aromatic heterocycles. The monoisotopic (exact) mass is 280 g/mol. The molecule has 2 rings (SSSR count). The Labute approximate surface area is 113 Å². The maximum Gasteiger partial charge on any atom is 0.294 e. The summed E-state index contributed by atoms with van der Waals surface area (Å²) in [5, 5.41) is 8.54. The fourth-order valence-electron chi connectivity index (χ4n) is 1.29. The van der Waals surface area contributed by atoms with E-state index in [4.69, 9.17) is 9.66 Å². The average molecular weight is 280 g/mol. The highest BCUT2D eigenvalue weighted by atomic mass is 32.2. The number of hydrogen-bond acceptors (Lipinski definition) is 3. The Balaban J connectivity index is 0.000000200. The summed E-state index contributed by atoms with van der Waals surface area (Å²) in [6.45, 7) is 1.98. The molecule has 2 N–H and O–H groups in total. The van der Waals surface area contributed by atoms with Crippen molar-refractivity contribution in [2.24, 2.45) is 0 Å². The molecule has 102 valence electrons. The molecule has 0 heterocycles. The first-order valence-corrected chi connectivity index (χ1v) is 7.06. The number of aliphatic hydroxyl groups excluding tert-OH is 1. The minimum absolute atomic E-state index is 0.0666. The lowest BCUT2D eigenvalue weighted by atomic mass is 10.2. The Morgan fingerprint density at radius 1 is 0.947 bits per heavy atom. The van der Waals surface area contributed by atoms with E-state index in [2.05, 4.69) is 0 Å². The van der Waals surface area contributed by atoms with Crippen LogP contribution in [0.15, 0.2) is 59.5 Å². The van der Waals surface area contributed by atoms with Gasteiger partial charge in [-0.1, -0.05) is 48.0 Å². The van der Waals surface area contributed by atoms with Crippen molar-refractivity contribution in [2.75, 3.05) is 0 Å². The topological polar surface area (TPSA) is 74.6 Å². The molecule has 0 unspecified atom stereocenters. The summed E-state index contributed by atoms with van der Waals surface area (Å²) in [6, 6.07) is 15.5. The Kier molecular flexibility index (Phi) is 5.69. The zero-order chi connectivity index (χ0) is 14.3. The fourth-order valence-corrected chi connectivity index (χ4v) is 1.77. The summed E-state index contributed by atoms with van der Waals surface area (Å²) in [4.78, 5) is -0.0666. The smallest absolute Gasteiger partial charge is 0.294 e. The standard InChI is InChI=1S/C7H8O3S.C7H8O/c1-6-2-4-7(5-3-6)11(8,9)10;8-6-7-4-2-1-3-5-7/h2-5H,1H3,(H,8,9,10);1-5,8H,6H2. The first kappa shape index (κ1) is 15.4. The van der Waals surface area contributed by atoms with Gasteiger partial charge in [-0.05, 0) is 24.6 Å². The maximum absolute atomic E-state index is 10.5. The van der Waals surface area contributed by atoms with Crippen LogP contribution in [0.1, 0.15) is 11.1 Å². The van der Waals surface area contributed by atoms with Crippen LogP contribution >= 0.6 is 0 Å². The summed E-state index contributed by atoms with van der Waals surface area (Å²) in [5.41, 5.74) is 1.92. The van der Waals surface area contributed by atoms with Crippen LogP contribution in [0.2, 0.25) is 0 Å². The van der Waals surface area contributed by atoms with Crippen molar-refractivity contribution >= 4 is 10.1 Å². The van der Waals surface area contributed by atoms with E-state index >= 15 is 0 Å². The van der Waals surface area contributed by atoms with Gasteiger partial charge >= 0.3 is 0 Å². The van der Waals surface area contributed by atoms with Crippen LogP contribution in [-0.2, 0) is 16.7 Å². The predicted octanol–water partition coefficient (Wildman–Crippen LogP) is 2.42. The van der Waals surface area contributed by atoms with E-state index in [-0.39, 0.29) is 11.5 Å². The van der Waals surface area contributed by atoms with Gasteiger partial charge in [-0.2, -0.15) is 8.42 Å². The van der Waals surface area contributed by atoms with Crippen molar-refractivity contribution in [1.82, 2.24) is 0 Å². The molecule has 0 aliphatic rings. The molecule has 0 spiro atoms. The van der Waals surface area contributed by atoms with Gasteiger partial charge in [0.15, 0.2) is 0 Å². The lowest BCUT2D eigenvalue weighted by Gasteiger charge is -1.95. The molecule has 4 nitrogen and oxygen atoms in total. The Hall–Kier alpha value is -1.69. The second-order valence-electron chi connectivity index (χ2n) is 3.93. The Morgan fingerprint density at radius 2 is 1.47 bits per heavy atom. The van der Waals surface area contributed by atoms with Gasteiger partial charge in [0.25, 0.3) is 10.1 Å². The van der Waals surface area contributed by atoms with Gasteiger partial charge in [0.1, 0.15) is 0 Å². The van der Waals surface area contributed by atoms with E-state index in [0.717, 1.165) is 11.1 Å². The molecular weight excluding hydrogens is 264 g/mol. The molecule has 2 aromatic rings. The average Bonchev–Trinajstić information content (AvgIpc) is 2.40. The van der Waals surface area contributed by atoms with E-state index in [1.54, 1.807) is 12.1 Å². The second kappa shape index (κ2) is 7.04. The number of aliphatic hydroxyl groups is 1. The summed E-state index contributed by atoms with van der Waals surface area (Å²) >= 11 is 0. The highest BCUT2D eigenvalue weighted by molar-refractivity contribution is 7.85. The zero-order valence-electron chi connectivity index (χ0n) is 10.5. The number of rotatable bonds is 2. The molecule has 0 fully saturated rings. The van der Waals surface area contributed by atoms with Crippen molar-refractivity contribution in [2.45, 2.75) is 18.4 Å². The molecular formula is C14H16O4S. The summed E-state index contributed by atoms with van der Waals surface area (Å²) < 4.78 is 29.6. The van der Waals surface area contributed by atoms with Gasteiger partial charge in [-0.3, -0.25) is 4.55 Å². The zero-order valence-corrected chi connectivity index (χ0v) is 11.3. The van der Waals surface area contributed by atoms with E-state index in [1.807, 2.05) is 37.3 Å². The minimum atomic E-state index is -4.02. The predicted molar refractivity (Wildman–Crippen MR) is 73.4 cm³/mol. The molecule has 0 radical (unpaired) electrons. The number of hydrogen-bond donors (Lipinski definition) is 2. The van der Waals surface area contributed by atoms with Gasteiger partial charge < -0.3 is 5.11 Å². The van der Waals surface area contributed by atoms with Gasteiger partial charge in [0.2, 0.25) is 0 Å². The van der Waals surface area contributed by atoms with Gasteiger partial charge in [-0.25, -0.2) is 0 Å². The van der Waals surface area contributed by atoms with Crippen molar-refractivity contribution in [3.8, 4) is 0 Å². The quantitative estimate of drug-likeness (QED) is 0.828. The van der Waals surface area contributed by atoms with Crippen LogP contribution in [-0.4, -0.2) is 18.1 Å². The van der Waals surface area contributed by atoms with E-state index in [9.17, 15) is 8.42 Å². The SMILES string of the molecule is Cc1ccc(S(=O)(=O)O)cc1.OCc1ccccc1. The molecule has 19 heavy (non-hydrogen) atoms. The molecule has 0 saturated carbocycles. The number of benzene rings is 2. The van der Waals surface area contributed by atoms with Crippen LogP contribution in [0.5, 0.6) is 0 Å². The molecule has 0 bridgehead atoms. The van der Waals surface area contributed by atoms with Crippen molar-refractivity contribution in [3.05, 3.63) is 65.7 Å². The first-order chi connectivity index (χ1) is 8.93. The molecule has 0 saturated heterocycles. The van der Waals surface area contributed by atoms with Crippen LogP contribution in [0.3, 0.4) is 0 Å². The number of aryl methyl sites for hydroxylation is 1. The highest BCUT2D eigenvalue weighted by Crippen LogP contribution is 2.08. The summed E-state index contributed by atoms with van der Waals surface area (Å²) in [7, 11) is -4.02. The third-order valence-corrected chi connectivity index (χ3v) is 3.21. The van der Waals surface area contributed by atoms with Crippen molar-refractivity contribution in [1.29, 1.82) is 0 Å². The highest BCUT2D eigenvalue weighted by Gasteiger charge is 2.06. The van der Waals surface area contributed by atoms with E-state index in [1.165, 1.54) is 12.1 Å². The van der Waals surface area contributed by atoms with Gasteiger partial charge in [0, 0.05) is 0 Å². The molecule has 5 heteroatoms. The minimum Gasteiger partial charge on any atom is -0.392 e. The Morgan fingerprint density at radius 3 is 1.84 bits per heavy atom. The van der Waals surface area contributed by atoms with Crippen molar-refractivity contribution in [3.63, 3.8) is 0 Å². The van der Waals surface area contributed by atoms with Gasteiger partial charge in [-0.15, -0.1) is 0 Å². The van der Waals surface area contributed by atoms with Crippen LogP contribution in [0.25, 0.3) is 0 Å². The van der Waals surface area contributed by atoms with E-state index < -0.39 is 10.1 Å². The fraction of sp³-hybridized carbons (Fsp3) is 0.143. The van der Waals surface area contributed by atoms with Crippen LogP contribution < -0.4 is 0 Å². The second-order valence-corrected chi connectivity index (χ2v) is 5.35. The summed E-state index contributed by atoms with van der Waals surface area (Å²) in [5.74, 6) is 0.